The van der Waals surface area contributed by atoms with E-state index in [0.29, 0.717) is 5.15 Å². The first-order valence-electron chi connectivity index (χ1n) is 8.24. The van der Waals surface area contributed by atoms with Crippen LogP contribution >= 0.6 is 11.6 Å². The molecule has 0 unspecified atom stereocenters. The molecule has 0 aliphatic heterocycles. The third kappa shape index (κ3) is 3.66. The van der Waals surface area contributed by atoms with Gasteiger partial charge in [0.25, 0.3) is 0 Å². The Labute approximate surface area is 152 Å². The third-order valence-electron chi connectivity index (χ3n) is 4.00. The molecule has 1 N–H and O–H groups in total. The van der Waals surface area contributed by atoms with E-state index in [2.05, 4.69) is 22.3 Å². The molecular formula is C19H21ClN4O. The number of carbonyl (C=O) groups excluding carboxylic acids is 1. The van der Waals surface area contributed by atoms with Crippen LogP contribution in [0.5, 0.6) is 0 Å². The Morgan fingerprint density at radius 3 is 2.68 bits per heavy atom. The predicted octanol–water partition coefficient (Wildman–Crippen LogP) is 4.60. The van der Waals surface area contributed by atoms with Gasteiger partial charge in [-0.25, -0.2) is 9.50 Å². The molecule has 1 amide bonds. The Balaban J connectivity index is 2.01. The molecule has 0 spiro atoms. The highest BCUT2D eigenvalue weighted by atomic mass is 35.5. The predicted molar refractivity (Wildman–Crippen MR) is 101 cm³/mol. The molecule has 2 aromatic heterocycles. The van der Waals surface area contributed by atoms with Crippen LogP contribution in [0.25, 0.3) is 16.9 Å². The zero-order valence-electron chi connectivity index (χ0n) is 14.8. The quantitative estimate of drug-likeness (QED) is 0.746. The highest BCUT2D eigenvalue weighted by Gasteiger charge is 2.22. The van der Waals surface area contributed by atoms with Gasteiger partial charge < -0.3 is 5.32 Å². The van der Waals surface area contributed by atoms with E-state index < -0.39 is 5.41 Å². The molecule has 130 valence electrons. The molecule has 0 atom stereocenters. The van der Waals surface area contributed by atoms with Crippen LogP contribution in [0.4, 0.5) is 5.69 Å². The maximum Gasteiger partial charge on any atom is 0.229 e. The van der Waals surface area contributed by atoms with Gasteiger partial charge in [0.1, 0.15) is 5.15 Å². The number of hydrogen-bond acceptors (Lipinski definition) is 3. The number of benzene rings is 1. The lowest BCUT2D eigenvalue weighted by molar-refractivity contribution is -0.123. The standard InChI is InChI=1S/C19H21ClN4O/c1-5-12-6-7-13(10-14(12)22-18(25)19(2,3)4)15-11-24-17(21-15)9-8-16(20)23-24/h6-11H,5H2,1-4H3,(H,22,25). The highest BCUT2D eigenvalue weighted by Crippen LogP contribution is 2.27. The number of amides is 1. The molecule has 2 heterocycles. The fourth-order valence-electron chi connectivity index (χ4n) is 2.47. The van der Waals surface area contributed by atoms with Crippen molar-refractivity contribution in [3.63, 3.8) is 0 Å². The summed E-state index contributed by atoms with van der Waals surface area (Å²) >= 11 is 5.93. The van der Waals surface area contributed by atoms with Gasteiger partial charge in [0.15, 0.2) is 5.65 Å². The summed E-state index contributed by atoms with van der Waals surface area (Å²) in [7, 11) is 0. The van der Waals surface area contributed by atoms with Gasteiger partial charge in [-0.2, -0.15) is 5.10 Å². The Kier molecular flexibility index (Phi) is 4.52. The van der Waals surface area contributed by atoms with Crippen LogP contribution in [0, 0.1) is 5.41 Å². The Bertz CT molecular complexity index is 940. The second-order valence-corrected chi connectivity index (χ2v) is 7.40. The maximum atomic E-state index is 12.4. The number of hydrogen-bond donors (Lipinski definition) is 1. The van der Waals surface area contributed by atoms with Gasteiger partial charge in [0.05, 0.1) is 11.9 Å². The fraction of sp³-hybridized carbons (Fsp3) is 0.316. The van der Waals surface area contributed by atoms with Gasteiger partial charge in [-0.05, 0) is 30.2 Å². The summed E-state index contributed by atoms with van der Waals surface area (Å²) in [6.07, 6.45) is 2.67. The number of aromatic nitrogens is 3. The van der Waals surface area contributed by atoms with Crippen molar-refractivity contribution in [2.75, 3.05) is 5.32 Å². The normalized spacial score (nSPS) is 11.7. The van der Waals surface area contributed by atoms with Crippen LogP contribution < -0.4 is 5.32 Å². The zero-order valence-corrected chi connectivity index (χ0v) is 15.6. The van der Waals surface area contributed by atoms with Crippen molar-refractivity contribution >= 4 is 28.8 Å². The minimum atomic E-state index is -0.454. The third-order valence-corrected chi connectivity index (χ3v) is 4.21. The van der Waals surface area contributed by atoms with Gasteiger partial charge in [0, 0.05) is 16.7 Å². The van der Waals surface area contributed by atoms with Gasteiger partial charge in [-0.3, -0.25) is 4.79 Å². The van der Waals surface area contributed by atoms with Crippen molar-refractivity contribution in [3.8, 4) is 11.3 Å². The van der Waals surface area contributed by atoms with Crippen LogP contribution in [0.1, 0.15) is 33.3 Å². The van der Waals surface area contributed by atoms with Gasteiger partial charge in [-0.1, -0.05) is 51.4 Å². The van der Waals surface area contributed by atoms with Crippen molar-refractivity contribution in [2.45, 2.75) is 34.1 Å². The molecule has 5 nitrogen and oxygen atoms in total. The molecule has 6 heteroatoms. The summed E-state index contributed by atoms with van der Waals surface area (Å²) < 4.78 is 1.65. The number of nitrogens with zero attached hydrogens (tertiary/aromatic N) is 3. The lowest BCUT2D eigenvalue weighted by Crippen LogP contribution is -2.28. The van der Waals surface area contributed by atoms with E-state index in [9.17, 15) is 4.79 Å². The molecule has 0 fully saturated rings. The molecular weight excluding hydrogens is 336 g/mol. The summed E-state index contributed by atoms with van der Waals surface area (Å²) in [5, 5.41) is 7.67. The van der Waals surface area contributed by atoms with Crippen molar-refractivity contribution in [1.29, 1.82) is 0 Å². The summed E-state index contributed by atoms with van der Waals surface area (Å²) in [4.78, 5) is 17.0. The van der Waals surface area contributed by atoms with Crippen LogP contribution in [-0.4, -0.2) is 20.5 Å². The molecule has 0 saturated heterocycles. The van der Waals surface area contributed by atoms with Crippen molar-refractivity contribution in [2.24, 2.45) is 5.41 Å². The van der Waals surface area contributed by atoms with E-state index in [1.807, 2.05) is 51.2 Å². The summed E-state index contributed by atoms with van der Waals surface area (Å²) in [6, 6.07) is 9.53. The van der Waals surface area contributed by atoms with Crippen LogP contribution in [0.3, 0.4) is 0 Å². The average molecular weight is 357 g/mol. The summed E-state index contributed by atoms with van der Waals surface area (Å²) in [5.41, 5.74) is 3.88. The molecule has 0 radical (unpaired) electrons. The number of anilines is 1. The second kappa shape index (κ2) is 6.48. The highest BCUT2D eigenvalue weighted by molar-refractivity contribution is 6.29. The Morgan fingerprint density at radius 2 is 2.00 bits per heavy atom. The largest absolute Gasteiger partial charge is 0.325 e. The molecule has 0 saturated carbocycles. The molecule has 3 rings (SSSR count). The van der Waals surface area contributed by atoms with Crippen molar-refractivity contribution in [1.82, 2.24) is 14.6 Å². The monoisotopic (exact) mass is 356 g/mol. The van der Waals surface area contributed by atoms with E-state index in [1.165, 1.54) is 0 Å². The zero-order chi connectivity index (χ0) is 18.2. The molecule has 0 aliphatic carbocycles. The number of halogens is 1. The minimum Gasteiger partial charge on any atom is -0.325 e. The first kappa shape index (κ1) is 17.4. The number of fused-ring (bicyclic) bond motifs is 1. The number of carbonyl (C=O) groups is 1. The van der Waals surface area contributed by atoms with Gasteiger partial charge >= 0.3 is 0 Å². The van der Waals surface area contributed by atoms with Gasteiger partial charge in [0.2, 0.25) is 5.91 Å². The van der Waals surface area contributed by atoms with Crippen LogP contribution in [0.2, 0.25) is 5.15 Å². The molecule has 3 aromatic rings. The molecule has 0 bridgehead atoms. The van der Waals surface area contributed by atoms with E-state index in [1.54, 1.807) is 10.6 Å². The topological polar surface area (TPSA) is 59.3 Å². The lowest BCUT2D eigenvalue weighted by Gasteiger charge is -2.19. The minimum absolute atomic E-state index is 0.0113. The fourth-order valence-corrected chi connectivity index (χ4v) is 2.61. The smallest absolute Gasteiger partial charge is 0.229 e. The van der Waals surface area contributed by atoms with E-state index in [0.717, 1.165) is 34.6 Å². The molecule has 25 heavy (non-hydrogen) atoms. The van der Waals surface area contributed by atoms with E-state index >= 15 is 0 Å². The van der Waals surface area contributed by atoms with Crippen molar-refractivity contribution in [3.05, 3.63) is 47.2 Å². The lowest BCUT2D eigenvalue weighted by atomic mass is 9.95. The number of imidazole rings is 1. The molecule has 0 aliphatic rings. The number of aryl methyl sites for hydroxylation is 1. The SMILES string of the molecule is CCc1ccc(-c2cn3nc(Cl)ccc3n2)cc1NC(=O)C(C)(C)C. The first-order chi connectivity index (χ1) is 11.8. The molecule has 1 aromatic carbocycles. The van der Waals surface area contributed by atoms with Crippen LogP contribution in [-0.2, 0) is 11.2 Å². The second-order valence-electron chi connectivity index (χ2n) is 7.01. The average Bonchev–Trinajstić information content (AvgIpc) is 2.97. The van der Waals surface area contributed by atoms with Crippen molar-refractivity contribution < 1.29 is 4.79 Å². The summed E-state index contributed by atoms with van der Waals surface area (Å²) in [6.45, 7) is 7.76. The van der Waals surface area contributed by atoms with Crippen LogP contribution in [0.15, 0.2) is 36.5 Å². The maximum absolute atomic E-state index is 12.4. The van der Waals surface area contributed by atoms with E-state index in [4.69, 9.17) is 11.6 Å². The summed E-state index contributed by atoms with van der Waals surface area (Å²) in [5.74, 6) is -0.0113. The Morgan fingerprint density at radius 1 is 1.24 bits per heavy atom. The van der Waals surface area contributed by atoms with Gasteiger partial charge in [-0.15, -0.1) is 0 Å². The Hall–Kier alpha value is -2.40. The first-order valence-corrected chi connectivity index (χ1v) is 8.62. The van der Waals surface area contributed by atoms with E-state index in [-0.39, 0.29) is 5.91 Å². The number of nitrogens with one attached hydrogen (secondary N) is 1. The number of rotatable bonds is 3.